The van der Waals surface area contributed by atoms with Crippen LogP contribution in [0.2, 0.25) is 0 Å². The summed E-state index contributed by atoms with van der Waals surface area (Å²) in [6.45, 7) is 2.17. The topological polar surface area (TPSA) is 55.4 Å². The number of alkyl halides is 5. The van der Waals surface area contributed by atoms with Crippen LogP contribution in [0, 0.1) is 0 Å². The predicted octanol–water partition coefficient (Wildman–Crippen LogP) is 3.47. The van der Waals surface area contributed by atoms with Crippen LogP contribution in [0.3, 0.4) is 0 Å². The number of halogens is 5. The van der Waals surface area contributed by atoms with Gasteiger partial charge in [0.2, 0.25) is 5.91 Å². The van der Waals surface area contributed by atoms with Gasteiger partial charge >= 0.3 is 18.1 Å². The molecule has 1 N–H and O–H groups in total. The van der Waals surface area contributed by atoms with Crippen molar-refractivity contribution in [3.63, 3.8) is 0 Å². The number of amides is 1. The zero-order valence-electron chi connectivity index (χ0n) is 12.9. The molecule has 1 amide bonds. The number of carbonyl (C=O) groups is 2. The molecule has 1 atom stereocenters. The second kappa shape index (κ2) is 7.59. The van der Waals surface area contributed by atoms with Crippen LogP contribution in [-0.2, 0) is 20.5 Å². The summed E-state index contributed by atoms with van der Waals surface area (Å²) in [6, 6.07) is 2.04. The van der Waals surface area contributed by atoms with Crippen molar-refractivity contribution in [1.82, 2.24) is 5.32 Å². The van der Waals surface area contributed by atoms with Gasteiger partial charge in [0.1, 0.15) is 0 Å². The summed E-state index contributed by atoms with van der Waals surface area (Å²) in [5.41, 5.74) is -0.938. The highest BCUT2D eigenvalue weighted by atomic mass is 19.4. The van der Waals surface area contributed by atoms with Gasteiger partial charge in [0.25, 0.3) is 0 Å². The Morgan fingerprint density at radius 1 is 1.12 bits per heavy atom. The minimum absolute atomic E-state index is 0.0159. The highest BCUT2D eigenvalue weighted by Gasteiger charge is 2.43. The van der Waals surface area contributed by atoms with Crippen molar-refractivity contribution in [1.29, 1.82) is 0 Å². The number of hydrogen-bond donors (Lipinski definition) is 1. The summed E-state index contributed by atoms with van der Waals surface area (Å²) < 4.78 is 69.6. The van der Waals surface area contributed by atoms with Gasteiger partial charge in [-0.1, -0.05) is 12.1 Å². The molecule has 1 aromatic rings. The molecule has 1 aromatic carbocycles. The van der Waals surface area contributed by atoms with Crippen molar-refractivity contribution < 1.29 is 36.3 Å². The maximum atomic E-state index is 13.9. The molecule has 4 nitrogen and oxygen atoms in total. The molecule has 0 aliphatic carbocycles. The normalized spacial score (nSPS) is 13.3. The van der Waals surface area contributed by atoms with Crippen molar-refractivity contribution in [3.05, 3.63) is 35.4 Å². The molecule has 0 heterocycles. The molecule has 0 aromatic heterocycles. The van der Waals surface area contributed by atoms with E-state index >= 15 is 0 Å². The molecule has 134 valence electrons. The molecule has 0 spiro atoms. The molecule has 0 aliphatic heterocycles. The number of rotatable bonds is 6. The van der Waals surface area contributed by atoms with Crippen molar-refractivity contribution in [3.8, 4) is 0 Å². The summed E-state index contributed by atoms with van der Waals surface area (Å²) in [5, 5.41) is 2.20. The summed E-state index contributed by atoms with van der Waals surface area (Å²) >= 11 is 0. The van der Waals surface area contributed by atoms with Crippen LogP contribution in [0.25, 0.3) is 0 Å². The summed E-state index contributed by atoms with van der Waals surface area (Å²) in [5.74, 6) is -6.32. The van der Waals surface area contributed by atoms with Crippen molar-refractivity contribution in [2.75, 3.05) is 6.61 Å². The van der Waals surface area contributed by atoms with E-state index in [2.05, 4.69) is 10.1 Å². The van der Waals surface area contributed by atoms with Crippen molar-refractivity contribution >= 4 is 11.9 Å². The molecule has 0 saturated heterocycles. The van der Waals surface area contributed by atoms with Gasteiger partial charge < -0.3 is 10.1 Å². The summed E-state index contributed by atoms with van der Waals surface area (Å²) in [7, 11) is 0. The number of carbonyl (C=O) groups excluding carboxylic acids is 2. The fourth-order valence-corrected chi connectivity index (χ4v) is 1.98. The Kier molecular flexibility index (Phi) is 6.28. The van der Waals surface area contributed by atoms with Gasteiger partial charge in [0.15, 0.2) is 0 Å². The lowest BCUT2D eigenvalue weighted by molar-refractivity contribution is -0.173. The Hall–Kier alpha value is -2.19. The molecule has 1 unspecified atom stereocenters. The van der Waals surface area contributed by atoms with Gasteiger partial charge in [-0.2, -0.15) is 22.0 Å². The first-order valence-electron chi connectivity index (χ1n) is 6.96. The Morgan fingerprint density at radius 3 is 2.08 bits per heavy atom. The SMILES string of the molecule is CCOC(=O)C(F)(F)CC(NC(C)=O)c1ccc(C(F)(F)F)cc1. The number of nitrogens with one attached hydrogen (secondary N) is 1. The maximum absolute atomic E-state index is 13.9. The van der Waals surface area contributed by atoms with E-state index in [1.165, 1.54) is 6.92 Å². The number of esters is 1. The lowest BCUT2D eigenvalue weighted by Crippen LogP contribution is -2.37. The van der Waals surface area contributed by atoms with Crippen molar-refractivity contribution in [2.45, 2.75) is 38.4 Å². The first-order valence-corrected chi connectivity index (χ1v) is 6.96. The highest BCUT2D eigenvalue weighted by Crippen LogP contribution is 2.33. The Balaban J connectivity index is 3.05. The molecule has 0 bridgehead atoms. The zero-order chi connectivity index (χ0) is 18.5. The third-order valence-corrected chi connectivity index (χ3v) is 3.05. The monoisotopic (exact) mass is 353 g/mol. The molecule has 24 heavy (non-hydrogen) atoms. The highest BCUT2D eigenvalue weighted by molar-refractivity contribution is 5.78. The maximum Gasteiger partial charge on any atom is 0.416 e. The van der Waals surface area contributed by atoms with Gasteiger partial charge in [-0.15, -0.1) is 0 Å². The van der Waals surface area contributed by atoms with Gasteiger partial charge in [0.05, 0.1) is 18.2 Å². The Bertz CT molecular complexity index is 584. The zero-order valence-corrected chi connectivity index (χ0v) is 12.9. The Morgan fingerprint density at radius 2 is 1.67 bits per heavy atom. The smallest absolute Gasteiger partial charge is 0.416 e. The molecule has 0 saturated carbocycles. The molecule has 9 heteroatoms. The van der Waals surface area contributed by atoms with Crippen molar-refractivity contribution in [2.24, 2.45) is 0 Å². The summed E-state index contributed by atoms with van der Waals surface area (Å²) in [4.78, 5) is 22.5. The van der Waals surface area contributed by atoms with Crippen LogP contribution in [0.5, 0.6) is 0 Å². The van der Waals surface area contributed by atoms with E-state index in [0.717, 1.165) is 19.1 Å². The van der Waals surface area contributed by atoms with Crippen LogP contribution < -0.4 is 5.32 Å². The average Bonchev–Trinajstić information content (AvgIpc) is 2.45. The summed E-state index contributed by atoms with van der Waals surface area (Å²) in [6.07, 6.45) is -5.70. The number of benzene rings is 1. The van der Waals surface area contributed by atoms with Gasteiger partial charge in [0, 0.05) is 13.3 Å². The first kappa shape index (κ1) is 19.9. The van der Waals surface area contributed by atoms with Gasteiger partial charge in [-0.3, -0.25) is 4.79 Å². The van der Waals surface area contributed by atoms with E-state index < -0.39 is 42.0 Å². The van der Waals surface area contributed by atoms with Crippen LogP contribution in [-0.4, -0.2) is 24.4 Å². The Labute approximate surface area is 135 Å². The van der Waals surface area contributed by atoms with E-state index in [1.807, 2.05) is 0 Å². The minimum atomic E-state index is -4.57. The molecule has 0 fully saturated rings. The van der Waals surface area contributed by atoms with E-state index in [1.54, 1.807) is 0 Å². The quantitative estimate of drug-likeness (QED) is 0.629. The predicted molar refractivity (Wildman–Crippen MR) is 74.2 cm³/mol. The van der Waals surface area contributed by atoms with Crippen LogP contribution >= 0.6 is 0 Å². The number of hydrogen-bond acceptors (Lipinski definition) is 3. The van der Waals surface area contributed by atoms with E-state index in [0.29, 0.717) is 12.1 Å². The van der Waals surface area contributed by atoms with E-state index in [4.69, 9.17) is 0 Å². The molecule has 1 rings (SSSR count). The van der Waals surface area contributed by atoms with Crippen LogP contribution in [0.1, 0.15) is 37.4 Å². The van der Waals surface area contributed by atoms with Gasteiger partial charge in [-0.25, -0.2) is 4.79 Å². The standard InChI is InChI=1S/C15H16F5NO3/c1-3-24-13(23)14(16,17)8-12(21-9(2)22)10-4-6-11(7-5-10)15(18,19)20/h4-7,12H,3,8H2,1-2H3,(H,21,22). The van der Waals surface area contributed by atoms with Crippen LogP contribution in [0.4, 0.5) is 22.0 Å². The third-order valence-electron chi connectivity index (χ3n) is 3.05. The molecule has 0 radical (unpaired) electrons. The van der Waals surface area contributed by atoms with E-state index in [-0.39, 0.29) is 12.2 Å². The first-order chi connectivity index (χ1) is 11.0. The second-order valence-corrected chi connectivity index (χ2v) is 5.00. The average molecular weight is 353 g/mol. The lowest BCUT2D eigenvalue weighted by Gasteiger charge is -2.23. The second-order valence-electron chi connectivity index (χ2n) is 5.00. The van der Waals surface area contributed by atoms with Gasteiger partial charge in [-0.05, 0) is 24.6 Å². The molecular weight excluding hydrogens is 337 g/mol. The fourth-order valence-electron chi connectivity index (χ4n) is 1.98. The van der Waals surface area contributed by atoms with E-state index in [9.17, 15) is 31.5 Å². The lowest BCUT2D eigenvalue weighted by atomic mass is 9.98. The number of ether oxygens (including phenoxy) is 1. The third kappa shape index (κ3) is 5.47. The van der Waals surface area contributed by atoms with Crippen LogP contribution in [0.15, 0.2) is 24.3 Å². The largest absolute Gasteiger partial charge is 0.462 e. The molecule has 0 aliphatic rings. The molecular formula is C15H16F5NO3. The fraction of sp³-hybridized carbons (Fsp3) is 0.467. The minimum Gasteiger partial charge on any atom is -0.462 e.